The molecule has 1 atom stereocenters. The summed E-state index contributed by atoms with van der Waals surface area (Å²) in [6.45, 7) is -0.0573. The summed E-state index contributed by atoms with van der Waals surface area (Å²) in [7, 11) is 1.59. The average Bonchev–Trinajstić information content (AvgIpc) is 3.20. The number of hydrogen-bond acceptors (Lipinski definition) is 4. The standard InChI is InChI=1S/C29H30FN3O3/c1-36-24-16-14-21(15-17-24)31-19-27(34)33(23-11-7-8-20(30)18-23)28-25-12-5-6-13-26(25)32(29(28)35)22-9-3-2-4-10-22/h5-8,11-18,22,28,31H,2-4,9-10,19H2,1H3. The summed E-state index contributed by atoms with van der Waals surface area (Å²) in [5, 5.41) is 3.13. The summed E-state index contributed by atoms with van der Waals surface area (Å²) in [6.07, 6.45) is 5.23. The summed E-state index contributed by atoms with van der Waals surface area (Å²) in [6, 6.07) is 20.0. The number of halogens is 1. The molecule has 1 N–H and O–H groups in total. The third-order valence-corrected chi connectivity index (χ3v) is 7.05. The van der Waals surface area contributed by atoms with Crippen molar-refractivity contribution in [2.75, 3.05) is 28.8 Å². The van der Waals surface area contributed by atoms with Gasteiger partial charge in [-0.1, -0.05) is 43.5 Å². The monoisotopic (exact) mass is 487 g/mol. The smallest absolute Gasteiger partial charge is 0.255 e. The van der Waals surface area contributed by atoms with Gasteiger partial charge in [-0.25, -0.2) is 4.39 Å². The minimum atomic E-state index is -0.852. The molecule has 186 valence electrons. The lowest BCUT2D eigenvalue weighted by Gasteiger charge is -2.33. The molecule has 3 aromatic rings. The number of carbonyl (C=O) groups excluding carboxylic acids is 2. The van der Waals surface area contributed by atoms with Crippen molar-refractivity contribution in [3.8, 4) is 5.75 Å². The zero-order chi connectivity index (χ0) is 25.1. The molecular formula is C29H30FN3O3. The predicted octanol–water partition coefficient (Wildman–Crippen LogP) is 5.70. The topological polar surface area (TPSA) is 61.9 Å². The number of methoxy groups -OCH3 is 1. The Morgan fingerprint density at radius 2 is 1.78 bits per heavy atom. The van der Waals surface area contributed by atoms with Crippen LogP contribution in [0.15, 0.2) is 72.8 Å². The number of fused-ring (bicyclic) bond motifs is 1. The molecule has 0 radical (unpaired) electrons. The van der Waals surface area contributed by atoms with Gasteiger partial charge in [0.1, 0.15) is 17.6 Å². The summed E-state index contributed by atoms with van der Waals surface area (Å²) in [5.41, 5.74) is 2.72. The fraction of sp³-hybridized carbons (Fsp3) is 0.310. The van der Waals surface area contributed by atoms with Crippen molar-refractivity contribution in [2.45, 2.75) is 44.2 Å². The van der Waals surface area contributed by atoms with E-state index in [4.69, 9.17) is 4.74 Å². The molecule has 2 amide bonds. The molecule has 1 unspecified atom stereocenters. The van der Waals surface area contributed by atoms with Crippen molar-refractivity contribution in [1.29, 1.82) is 0 Å². The third-order valence-electron chi connectivity index (χ3n) is 7.05. The fourth-order valence-electron chi connectivity index (χ4n) is 5.32. The first-order valence-electron chi connectivity index (χ1n) is 12.4. The highest BCUT2D eigenvalue weighted by Gasteiger charge is 2.45. The van der Waals surface area contributed by atoms with E-state index in [1.54, 1.807) is 31.4 Å². The van der Waals surface area contributed by atoms with E-state index in [2.05, 4.69) is 5.32 Å². The van der Waals surface area contributed by atoms with Gasteiger partial charge in [0.25, 0.3) is 5.91 Å². The zero-order valence-electron chi connectivity index (χ0n) is 20.3. The Bertz CT molecular complexity index is 1240. The lowest BCUT2D eigenvalue weighted by Crippen LogP contribution is -2.46. The van der Waals surface area contributed by atoms with Crippen molar-refractivity contribution >= 4 is 28.9 Å². The first kappa shape index (κ1) is 23.9. The van der Waals surface area contributed by atoms with E-state index in [1.165, 1.54) is 23.5 Å². The lowest BCUT2D eigenvalue weighted by atomic mass is 9.94. The Morgan fingerprint density at radius 3 is 2.50 bits per heavy atom. The van der Waals surface area contributed by atoms with E-state index < -0.39 is 11.9 Å². The molecule has 36 heavy (non-hydrogen) atoms. The van der Waals surface area contributed by atoms with Crippen LogP contribution in [-0.2, 0) is 9.59 Å². The molecule has 5 rings (SSSR count). The Hall–Kier alpha value is -3.87. The maximum absolute atomic E-state index is 14.3. The van der Waals surface area contributed by atoms with Gasteiger partial charge in [-0.05, 0) is 61.4 Å². The van der Waals surface area contributed by atoms with Crippen LogP contribution >= 0.6 is 0 Å². The second-order valence-electron chi connectivity index (χ2n) is 9.29. The maximum Gasteiger partial charge on any atom is 0.255 e. The van der Waals surface area contributed by atoms with E-state index >= 15 is 0 Å². The molecule has 1 aliphatic heterocycles. The van der Waals surface area contributed by atoms with Crippen LogP contribution in [0.5, 0.6) is 5.75 Å². The third kappa shape index (κ3) is 4.65. The Kier molecular flexibility index (Phi) is 6.89. The van der Waals surface area contributed by atoms with E-state index in [-0.39, 0.29) is 24.4 Å². The second-order valence-corrected chi connectivity index (χ2v) is 9.29. The van der Waals surface area contributed by atoms with Crippen LogP contribution in [-0.4, -0.2) is 31.5 Å². The number of anilines is 3. The van der Waals surface area contributed by atoms with E-state index in [9.17, 15) is 14.0 Å². The van der Waals surface area contributed by atoms with Gasteiger partial charge in [-0.2, -0.15) is 0 Å². The van der Waals surface area contributed by atoms with Gasteiger partial charge in [0.05, 0.1) is 13.7 Å². The van der Waals surface area contributed by atoms with Crippen LogP contribution in [0.1, 0.15) is 43.7 Å². The highest BCUT2D eigenvalue weighted by molar-refractivity contribution is 6.12. The largest absolute Gasteiger partial charge is 0.497 e. The van der Waals surface area contributed by atoms with Gasteiger partial charge in [0.15, 0.2) is 0 Å². The molecule has 1 heterocycles. The Labute approximate surface area is 210 Å². The minimum absolute atomic E-state index is 0.0573. The number of para-hydroxylation sites is 1. The summed E-state index contributed by atoms with van der Waals surface area (Å²) in [5.74, 6) is -0.208. The quantitative estimate of drug-likeness (QED) is 0.464. The highest BCUT2D eigenvalue weighted by atomic mass is 19.1. The van der Waals surface area contributed by atoms with E-state index in [0.717, 1.165) is 42.6 Å². The average molecular weight is 488 g/mol. The minimum Gasteiger partial charge on any atom is -0.497 e. The predicted molar refractivity (Wildman–Crippen MR) is 139 cm³/mol. The van der Waals surface area contributed by atoms with Crippen molar-refractivity contribution < 1.29 is 18.7 Å². The zero-order valence-corrected chi connectivity index (χ0v) is 20.3. The molecule has 0 saturated heterocycles. The lowest BCUT2D eigenvalue weighted by molar-refractivity contribution is -0.124. The maximum atomic E-state index is 14.3. The van der Waals surface area contributed by atoms with Crippen molar-refractivity contribution in [1.82, 2.24) is 0 Å². The molecule has 0 bridgehead atoms. The van der Waals surface area contributed by atoms with Gasteiger partial charge in [-0.15, -0.1) is 0 Å². The van der Waals surface area contributed by atoms with Gasteiger partial charge in [-0.3, -0.25) is 14.5 Å². The summed E-state index contributed by atoms with van der Waals surface area (Å²) < 4.78 is 19.5. The highest BCUT2D eigenvalue weighted by Crippen LogP contribution is 2.44. The summed E-state index contributed by atoms with van der Waals surface area (Å²) in [4.78, 5) is 31.1. The van der Waals surface area contributed by atoms with Gasteiger partial charge < -0.3 is 15.0 Å². The summed E-state index contributed by atoms with van der Waals surface area (Å²) >= 11 is 0. The molecule has 0 aromatic heterocycles. The Morgan fingerprint density at radius 1 is 1.03 bits per heavy atom. The fourth-order valence-corrected chi connectivity index (χ4v) is 5.32. The number of nitrogens with zero attached hydrogens (tertiary/aromatic N) is 2. The molecule has 2 aliphatic rings. The van der Waals surface area contributed by atoms with Gasteiger partial charge in [0.2, 0.25) is 5.91 Å². The van der Waals surface area contributed by atoms with Gasteiger partial charge in [0, 0.05) is 28.7 Å². The van der Waals surface area contributed by atoms with E-state index in [1.807, 2.05) is 41.3 Å². The molecular weight excluding hydrogens is 457 g/mol. The van der Waals surface area contributed by atoms with Crippen molar-refractivity contribution in [3.63, 3.8) is 0 Å². The van der Waals surface area contributed by atoms with Crippen molar-refractivity contribution in [3.05, 3.63) is 84.2 Å². The number of ether oxygens (including phenoxy) is 1. The van der Waals surface area contributed by atoms with Crippen LogP contribution in [0.2, 0.25) is 0 Å². The molecule has 1 saturated carbocycles. The van der Waals surface area contributed by atoms with E-state index in [0.29, 0.717) is 11.4 Å². The van der Waals surface area contributed by atoms with Crippen LogP contribution in [0.3, 0.4) is 0 Å². The number of carbonyl (C=O) groups is 2. The second kappa shape index (κ2) is 10.4. The Balaban J connectivity index is 1.49. The SMILES string of the molecule is COc1ccc(NCC(=O)N(c2cccc(F)c2)C2C(=O)N(C3CCCCC3)c3ccccc32)cc1. The van der Waals surface area contributed by atoms with Crippen LogP contribution in [0, 0.1) is 5.82 Å². The van der Waals surface area contributed by atoms with Gasteiger partial charge >= 0.3 is 0 Å². The number of benzene rings is 3. The number of amides is 2. The molecule has 7 heteroatoms. The molecule has 3 aromatic carbocycles. The van der Waals surface area contributed by atoms with Crippen LogP contribution in [0.4, 0.5) is 21.5 Å². The van der Waals surface area contributed by atoms with Crippen LogP contribution in [0.25, 0.3) is 0 Å². The normalized spacial score (nSPS) is 17.6. The molecule has 6 nitrogen and oxygen atoms in total. The van der Waals surface area contributed by atoms with Crippen LogP contribution < -0.4 is 19.9 Å². The molecule has 1 aliphatic carbocycles. The number of rotatable bonds is 7. The molecule has 0 spiro atoms. The van der Waals surface area contributed by atoms with Crippen molar-refractivity contribution in [2.24, 2.45) is 0 Å². The molecule has 1 fully saturated rings. The first-order chi connectivity index (χ1) is 17.6. The first-order valence-corrected chi connectivity index (χ1v) is 12.4. The number of hydrogen-bond donors (Lipinski definition) is 1. The number of nitrogens with one attached hydrogen (secondary N) is 1.